The van der Waals surface area contributed by atoms with Gasteiger partial charge >= 0.3 is 5.97 Å². The number of carbonyl (C=O) groups excluding carboxylic acids is 10. The minimum atomic E-state index is -1.59. The van der Waals surface area contributed by atoms with Gasteiger partial charge in [0.05, 0.1) is 6.04 Å². The zero-order chi connectivity index (χ0) is 89.8. The van der Waals surface area contributed by atoms with Crippen molar-refractivity contribution in [3.63, 3.8) is 0 Å². The molecule has 42 nitrogen and oxygen atoms in total. The van der Waals surface area contributed by atoms with Crippen molar-refractivity contribution in [3.8, 4) is 0 Å². The number of aliphatic carboxylic acids is 1. The van der Waals surface area contributed by atoms with Crippen LogP contribution in [0.2, 0.25) is 0 Å². The van der Waals surface area contributed by atoms with E-state index < -0.39 is 143 Å². The number of amides is 10. The van der Waals surface area contributed by atoms with E-state index >= 15 is 24.0 Å². The van der Waals surface area contributed by atoms with Crippen LogP contribution in [0.3, 0.4) is 0 Å². The van der Waals surface area contributed by atoms with E-state index in [4.69, 9.17) is 73.2 Å². The van der Waals surface area contributed by atoms with Gasteiger partial charge in [-0.3, -0.25) is 69.6 Å². The first-order valence-corrected chi connectivity index (χ1v) is 41.8. The normalized spacial score (nSPS) is 13.9. The van der Waals surface area contributed by atoms with Crippen LogP contribution in [0, 0.1) is 21.6 Å². The number of hydrogen-bond donors (Lipinski definition) is 31. The first-order valence-electron chi connectivity index (χ1n) is 41.8. The Morgan fingerprint density at radius 1 is 0.293 bits per heavy atom. The molecule has 0 fully saturated rings. The van der Waals surface area contributed by atoms with Crippen molar-refractivity contribution < 1.29 is 57.8 Å². The second kappa shape index (κ2) is 53.2. The summed E-state index contributed by atoms with van der Waals surface area (Å²) in [6, 6.07) is 6.20. The van der Waals surface area contributed by atoms with Crippen LogP contribution in [0.15, 0.2) is 91.4 Å². The number of carboxylic acid groups (broad SMARTS) is 1. The lowest BCUT2D eigenvalue weighted by molar-refractivity contribution is -0.142. The second-order valence-corrected chi connectivity index (χ2v) is 30.3. The van der Waals surface area contributed by atoms with Gasteiger partial charge in [0.15, 0.2) is 23.8 Å². The summed E-state index contributed by atoms with van der Waals surface area (Å²) < 4.78 is 0. The second-order valence-electron chi connectivity index (χ2n) is 30.3. The van der Waals surface area contributed by atoms with E-state index in [1.165, 1.54) is 0 Å². The lowest BCUT2D eigenvalue weighted by atomic mass is 9.99. The highest BCUT2D eigenvalue weighted by Crippen LogP contribution is 2.24. The molecule has 0 saturated carbocycles. The summed E-state index contributed by atoms with van der Waals surface area (Å²) in [4.78, 5) is 172. The summed E-state index contributed by atoms with van der Waals surface area (Å²) in [5.41, 5.74) is 55.8. The highest BCUT2D eigenvalue weighted by atomic mass is 16.4. The third-order valence-electron chi connectivity index (χ3n) is 20.7. The first-order chi connectivity index (χ1) is 59.0. The van der Waals surface area contributed by atoms with Crippen molar-refractivity contribution in [3.05, 3.63) is 108 Å². The van der Waals surface area contributed by atoms with Crippen molar-refractivity contribution in [1.82, 2.24) is 89.4 Å². The zero-order valence-electron chi connectivity index (χ0n) is 69.6. The number of carboxylic acids is 1. The number of H-pyrrole nitrogens is 3. The minimum Gasteiger partial charge on any atom is -0.480 e. The van der Waals surface area contributed by atoms with E-state index in [0.29, 0.717) is 96.5 Å². The van der Waals surface area contributed by atoms with Crippen LogP contribution in [-0.4, -0.2) is 228 Å². The molecular formula is C81H128N30O12. The van der Waals surface area contributed by atoms with Crippen molar-refractivity contribution in [2.45, 2.75) is 214 Å². The van der Waals surface area contributed by atoms with Crippen LogP contribution in [0.1, 0.15) is 145 Å². The van der Waals surface area contributed by atoms with Gasteiger partial charge in [0.2, 0.25) is 59.1 Å². The molecule has 6 aromatic rings. The highest BCUT2D eigenvalue weighted by molar-refractivity contribution is 6.00. The summed E-state index contributed by atoms with van der Waals surface area (Å²) in [6.45, 7) is 1.24. The number of carbonyl (C=O) groups is 11. The van der Waals surface area contributed by atoms with Gasteiger partial charge < -0.3 is 146 Å². The number of unbranched alkanes of at least 4 members (excludes halogenated alkanes) is 4. The van der Waals surface area contributed by atoms with Gasteiger partial charge in [0.1, 0.15) is 60.4 Å². The summed E-state index contributed by atoms with van der Waals surface area (Å²) in [6.07, 6.45) is 7.88. The zero-order valence-corrected chi connectivity index (χ0v) is 69.6. The fourth-order valence-electron chi connectivity index (χ4n) is 14.0. The van der Waals surface area contributed by atoms with Crippen LogP contribution in [0.4, 0.5) is 0 Å². The van der Waals surface area contributed by atoms with Gasteiger partial charge in [-0.05, 0) is 183 Å². The van der Waals surface area contributed by atoms with Crippen molar-refractivity contribution in [2.24, 2.45) is 51.6 Å². The molecule has 0 aliphatic rings. The number of aromatic nitrogens is 3. The Kier molecular flexibility index (Phi) is 42.9. The Morgan fingerprint density at radius 2 is 0.504 bits per heavy atom. The molecule has 674 valence electrons. The average Bonchev–Trinajstić information content (AvgIpc) is 1.72. The summed E-state index contributed by atoms with van der Waals surface area (Å²) in [7, 11) is 0. The predicted octanol–water partition coefficient (Wildman–Crippen LogP) is -3.01. The van der Waals surface area contributed by atoms with E-state index in [1.54, 1.807) is 48.9 Å². The molecule has 3 aromatic carbocycles. The van der Waals surface area contributed by atoms with E-state index in [2.05, 4.69) is 89.4 Å². The summed E-state index contributed by atoms with van der Waals surface area (Å²) in [5.74, 6) is -11.4. The molecule has 0 saturated heterocycles. The lowest BCUT2D eigenvalue weighted by Crippen LogP contribution is -2.61. The third kappa shape index (κ3) is 34.4. The van der Waals surface area contributed by atoms with Gasteiger partial charge in [0, 0.05) is 96.7 Å². The largest absolute Gasteiger partial charge is 0.480 e. The maximum atomic E-state index is 15.8. The fraction of sp³-hybridized carbons (Fsp3) is 0.519. The molecule has 0 aliphatic carbocycles. The molecule has 0 radical (unpaired) electrons. The number of aromatic amines is 3. The topological polar surface area (TPSA) is 753 Å². The molecule has 10 amide bonds. The van der Waals surface area contributed by atoms with Gasteiger partial charge in [-0.15, -0.1) is 0 Å². The number of benzene rings is 3. The van der Waals surface area contributed by atoms with Crippen LogP contribution >= 0.6 is 0 Å². The number of hydrogen-bond acceptors (Lipinski definition) is 20. The Balaban J connectivity index is 1.37. The van der Waals surface area contributed by atoms with E-state index in [-0.39, 0.29) is 154 Å². The SMILES string of the molecule is N=C(N)NCCC[C@H](NC(=O)[C@H](CCCNC(=N)N)NC(=O)[C@H](CCCCN)NC(=O)[C@H](CCCCN)NC(=O)[C@H](CCCNC(=N)N)NC(=O)[C@H](CCCNC(=N)N)NC(=O)[C@H](Cc1c[nH]c2ccccc12)NC(=O)[C@H](Cc1c[nH]c2ccccc12)NC(=O)[C@H](Cc1c[nH]c2ccccc12)NC(=O)[C@H](CCCCN)NC(=O)[C@@H](N)CCCCN)C(=O)O. The quantitative estimate of drug-likeness (QED) is 0.0103. The maximum Gasteiger partial charge on any atom is 0.326 e. The Hall–Kier alpha value is -12.7. The molecule has 0 bridgehead atoms. The van der Waals surface area contributed by atoms with Crippen molar-refractivity contribution >= 4 is 122 Å². The molecule has 40 N–H and O–H groups in total. The summed E-state index contributed by atoms with van der Waals surface area (Å²) in [5, 5.41) is 81.3. The number of rotatable bonds is 59. The van der Waals surface area contributed by atoms with Crippen molar-refractivity contribution in [1.29, 1.82) is 21.6 Å². The van der Waals surface area contributed by atoms with Gasteiger partial charge in [-0.2, -0.15) is 0 Å². The molecule has 6 rings (SSSR count). The predicted molar refractivity (Wildman–Crippen MR) is 469 cm³/mol. The summed E-state index contributed by atoms with van der Waals surface area (Å²) >= 11 is 0. The highest BCUT2D eigenvalue weighted by Gasteiger charge is 2.38. The Labute approximate surface area is 713 Å². The molecule has 123 heavy (non-hydrogen) atoms. The Bertz CT molecular complexity index is 4470. The first kappa shape index (κ1) is 99.1. The molecule has 0 unspecified atom stereocenters. The monoisotopic (exact) mass is 1710 g/mol. The van der Waals surface area contributed by atoms with E-state index in [0.717, 1.165) is 10.9 Å². The van der Waals surface area contributed by atoms with E-state index in [1.807, 2.05) is 42.5 Å². The fourth-order valence-corrected chi connectivity index (χ4v) is 14.0. The number of para-hydroxylation sites is 3. The minimum absolute atomic E-state index is 0.0000583. The van der Waals surface area contributed by atoms with Gasteiger partial charge in [-0.1, -0.05) is 61.0 Å². The molecule has 0 aliphatic heterocycles. The van der Waals surface area contributed by atoms with E-state index in [9.17, 15) is 33.9 Å². The maximum absolute atomic E-state index is 15.8. The van der Waals surface area contributed by atoms with Gasteiger partial charge in [0.25, 0.3) is 0 Å². The van der Waals surface area contributed by atoms with Crippen LogP contribution in [0.5, 0.6) is 0 Å². The van der Waals surface area contributed by atoms with Crippen molar-refractivity contribution in [2.75, 3.05) is 52.4 Å². The van der Waals surface area contributed by atoms with Gasteiger partial charge in [-0.25, -0.2) is 4.79 Å². The number of fused-ring (bicyclic) bond motifs is 3. The molecule has 11 atom stereocenters. The molecule has 3 heterocycles. The molecular weight excluding hydrogens is 1590 g/mol. The number of guanidine groups is 4. The lowest BCUT2D eigenvalue weighted by Gasteiger charge is -2.29. The van der Waals surface area contributed by atoms with Crippen LogP contribution in [-0.2, 0) is 72.0 Å². The molecule has 0 spiro atoms. The smallest absolute Gasteiger partial charge is 0.326 e. The standard InChI is InChI=1S/C81H128N30O12/c82-33-11-7-22-53(86)67(112)102-57(26-8-12-34-83)73(118)109-65(42-48-45-100-55-24-5-2-20-51(48)55)75(120)111-66(43-49-46-101-56-25-6-3-21-52(49)56)76(121)110-64(41-47-44-99-54-23-4-1-19-50(47)54)74(119)107-61(30-16-38-96-79(89)90)71(116)105-60(29-15-37-95-78(87)88)70(115)104-58(27-9-13-35-84)68(113)103-59(28-10-14-36-85)69(114)106-62(31-17-39-97-80(91)92)72(117)108-63(77(122)123)32-18-40-98-81(93)94/h1-6,19-21,23-25,44-46,53,57-66,99-101H,7-18,22,26-43,82-86H2,(H,102,112)(H,103,113)(H,104,115)(H,105,116)(H,106,114)(H,107,119)(H,108,117)(H,109,118)(H,110,121)(H,111,120)(H,122,123)(H4,87,88,95)(H4,89,90,96)(H4,91,92,97)(H4,93,94,98)/t53-,57-,58-,59-,60-,61-,62-,63-,64-,65-,66-/m0/s1. The molecule has 42 heteroatoms. The third-order valence-corrected chi connectivity index (χ3v) is 20.7. The number of nitrogens with one attached hydrogen (secondary N) is 21. The van der Waals surface area contributed by atoms with Crippen LogP contribution in [0.25, 0.3) is 32.7 Å². The molecule has 3 aromatic heterocycles. The average molecular weight is 1710 g/mol. The van der Waals surface area contributed by atoms with Crippen LogP contribution < -0.4 is 126 Å². The number of nitrogens with two attached hydrogens (primary N) is 9. The Morgan fingerprint density at radius 3 is 0.756 bits per heavy atom.